The second kappa shape index (κ2) is 7.89. The van der Waals surface area contributed by atoms with Gasteiger partial charge >= 0.3 is 0 Å². The Morgan fingerprint density at radius 1 is 1.11 bits per heavy atom. The van der Waals surface area contributed by atoms with E-state index in [1.807, 2.05) is 31.2 Å². The molecule has 0 atom stereocenters. The number of benzene rings is 2. The number of carbonyl (C=O) groups excluding carboxylic acids is 1. The Labute approximate surface area is 158 Å². The number of sulfonamides is 1. The summed E-state index contributed by atoms with van der Waals surface area (Å²) in [5.74, 6) is 0.707. The standard InChI is InChI=1S/C19H22N4O3S/c1-14-21-18-6-3-4-7-19(18)23(14)13-5-12-20-27(25,26)17-10-8-16(9-11-17)22-15(2)24/h3-4,6-11,20H,5,12-13H2,1-2H3,(H,22,24). The molecule has 142 valence electrons. The van der Waals surface area contributed by atoms with Gasteiger partial charge in [0.2, 0.25) is 15.9 Å². The molecule has 27 heavy (non-hydrogen) atoms. The van der Waals surface area contributed by atoms with Crippen LogP contribution < -0.4 is 10.0 Å². The van der Waals surface area contributed by atoms with E-state index in [2.05, 4.69) is 19.6 Å². The predicted octanol–water partition coefficient (Wildman–Crippen LogP) is 2.67. The van der Waals surface area contributed by atoms with Crippen LogP contribution >= 0.6 is 0 Å². The van der Waals surface area contributed by atoms with Gasteiger partial charge in [0.25, 0.3) is 0 Å². The number of rotatable bonds is 7. The fraction of sp³-hybridized carbons (Fsp3) is 0.263. The van der Waals surface area contributed by atoms with Crippen molar-refractivity contribution in [2.75, 3.05) is 11.9 Å². The van der Waals surface area contributed by atoms with Gasteiger partial charge in [-0.3, -0.25) is 4.79 Å². The molecule has 7 nitrogen and oxygen atoms in total. The lowest BCUT2D eigenvalue weighted by molar-refractivity contribution is -0.114. The van der Waals surface area contributed by atoms with E-state index in [9.17, 15) is 13.2 Å². The van der Waals surface area contributed by atoms with Gasteiger partial charge < -0.3 is 9.88 Å². The molecule has 3 aromatic rings. The van der Waals surface area contributed by atoms with E-state index in [0.29, 0.717) is 25.2 Å². The lowest BCUT2D eigenvalue weighted by Crippen LogP contribution is -2.25. The number of aryl methyl sites for hydroxylation is 2. The zero-order valence-electron chi connectivity index (χ0n) is 15.3. The Kier molecular flexibility index (Phi) is 5.57. The van der Waals surface area contributed by atoms with Gasteiger partial charge in [-0.2, -0.15) is 0 Å². The first-order valence-corrected chi connectivity index (χ1v) is 10.1. The summed E-state index contributed by atoms with van der Waals surface area (Å²) in [7, 11) is -3.59. The predicted molar refractivity (Wildman–Crippen MR) is 105 cm³/mol. The average Bonchev–Trinajstić information content (AvgIpc) is 2.94. The number of nitrogens with zero attached hydrogens (tertiary/aromatic N) is 2. The number of para-hydroxylation sites is 2. The van der Waals surface area contributed by atoms with Gasteiger partial charge in [-0.15, -0.1) is 0 Å². The van der Waals surface area contributed by atoms with E-state index in [1.165, 1.54) is 19.1 Å². The number of hydrogen-bond acceptors (Lipinski definition) is 4. The Balaban J connectivity index is 1.59. The Morgan fingerprint density at radius 2 is 1.81 bits per heavy atom. The Morgan fingerprint density at radius 3 is 2.52 bits per heavy atom. The zero-order valence-corrected chi connectivity index (χ0v) is 16.1. The molecule has 2 N–H and O–H groups in total. The maximum atomic E-state index is 12.4. The van der Waals surface area contributed by atoms with E-state index >= 15 is 0 Å². The lowest BCUT2D eigenvalue weighted by Gasteiger charge is -2.10. The molecule has 0 fully saturated rings. The minimum absolute atomic E-state index is 0.167. The molecule has 0 aliphatic heterocycles. The van der Waals surface area contributed by atoms with Crippen LogP contribution in [0.25, 0.3) is 11.0 Å². The van der Waals surface area contributed by atoms with E-state index in [-0.39, 0.29) is 10.8 Å². The van der Waals surface area contributed by atoms with Crippen molar-refractivity contribution in [3.63, 3.8) is 0 Å². The second-order valence-corrected chi connectivity index (χ2v) is 8.02. The molecule has 2 aromatic carbocycles. The number of nitrogens with one attached hydrogen (secondary N) is 2. The molecule has 0 aliphatic carbocycles. The van der Waals surface area contributed by atoms with Gasteiger partial charge in [-0.1, -0.05) is 12.1 Å². The van der Waals surface area contributed by atoms with Crippen molar-refractivity contribution in [2.45, 2.75) is 31.7 Å². The van der Waals surface area contributed by atoms with Crippen LogP contribution in [0.2, 0.25) is 0 Å². The Hall–Kier alpha value is -2.71. The quantitative estimate of drug-likeness (QED) is 0.611. The SMILES string of the molecule is CC(=O)Nc1ccc(S(=O)(=O)NCCCn2c(C)nc3ccccc32)cc1. The number of carbonyl (C=O) groups is 1. The van der Waals surface area contributed by atoms with Gasteiger partial charge in [-0.05, 0) is 49.7 Å². The summed E-state index contributed by atoms with van der Waals surface area (Å²) in [6, 6.07) is 14.0. The van der Waals surface area contributed by atoms with E-state index in [4.69, 9.17) is 0 Å². The Bertz CT molecular complexity index is 1060. The molecule has 3 rings (SSSR count). The highest BCUT2D eigenvalue weighted by molar-refractivity contribution is 7.89. The van der Waals surface area contributed by atoms with Crippen molar-refractivity contribution < 1.29 is 13.2 Å². The van der Waals surface area contributed by atoms with Crippen LogP contribution in [0.5, 0.6) is 0 Å². The number of anilines is 1. The molecule has 1 heterocycles. The van der Waals surface area contributed by atoms with Crippen LogP contribution in [0.15, 0.2) is 53.4 Å². The largest absolute Gasteiger partial charge is 0.328 e. The molecule has 0 unspecified atom stereocenters. The molecule has 0 saturated heterocycles. The van der Waals surface area contributed by atoms with Crippen molar-refractivity contribution in [3.05, 3.63) is 54.4 Å². The molecule has 1 aromatic heterocycles. The summed E-state index contributed by atoms with van der Waals surface area (Å²) in [5.41, 5.74) is 2.55. The minimum atomic E-state index is -3.59. The molecule has 0 bridgehead atoms. The molecule has 0 spiro atoms. The molecular weight excluding hydrogens is 364 g/mol. The third-order valence-electron chi connectivity index (χ3n) is 4.18. The monoisotopic (exact) mass is 386 g/mol. The molecule has 0 saturated carbocycles. The number of hydrogen-bond donors (Lipinski definition) is 2. The second-order valence-electron chi connectivity index (χ2n) is 6.26. The van der Waals surface area contributed by atoms with Crippen molar-refractivity contribution in [1.82, 2.24) is 14.3 Å². The van der Waals surface area contributed by atoms with Crippen molar-refractivity contribution in [1.29, 1.82) is 0 Å². The zero-order chi connectivity index (χ0) is 19.4. The van der Waals surface area contributed by atoms with Gasteiger partial charge in [-0.25, -0.2) is 18.1 Å². The first kappa shape index (κ1) is 19.1. The van der Waals surface area contributed by atoms with Crippen LogP contribution in [0.4, 0.5) is 5.69 Å². The van der Waals surface area contributed by atoms with Gasteiger partial charge in [0, 0.05) is 25.7 Å². The van der Waals surface area contributed by atoms with Gasteiger partial charge in [0.15, 0.2) is 0 Å². The van der Waals surface area contributed by atoms with Gasteiger partial charge in [0.1, 0.15) is 5.82 Å². The molecule has 8 heteroatoms. The summed E-state index contributed by atoms with van der Waals surface area (Å²) in [6.07, 6.45) is 0.643. The topological polar surface area (TPSA) is 93.1 Å². The normalized spacial score (nSPS) is 11.6. The smallest absolute Gasteiger partial charge is 0.240 e. The van der Waals surface area contributed by atoms with Crippen molar-refractivity contribution >= 4 is 32.7 Å². The minimum Gasteiger partial charge on any atom is -0.328 e. The maximum absolute atomic E-state index is 12.4. The summed E-state index contributed by atoms with van der Waals surface area (Å²) in [5, 5.41) is 2.61. The van der Waals surface area contributed by atoms with Crippen LogP contribution in [0, 0.1) is 6.92 Å². The third-order valence-corrected chi connectivity index (χ3v) is 5.66. The maximum Gasteiger partial charge on any atom is 0.240 e. The molecule has 1 amide bonds. The highest BCUT2D eigenvalue weighted by Crippen LogP contribution is 2.16. The summed E-state index contributed by atoms with van der Waals surface area (Å²) < 4.78 is 29.5. The summed E-state index contributed by atoms with van der Waals surface area (Å²) in [6.45, 7) is 4.34. The lowest BCUT2D eigenvalue weighted by atomic mass is 10.3. The van der Waals surface area contributed by atoms with Crippen LogP contribution in [0.3, 0.4) is 0 Å². The number of imidazole rings is 1. The summed E-state index contributed by atoms with van der Waals surface area (Å²) in [4.78, 5) is 15.7. The van der Waals surface area contributed by atoms with E-state index < -0.39 is 10.0 Å². The highest BCUT2D eigenvalue weighted by Gasteiger charge is 2.13. The van der Waals surface area contributed by atoms with Gasteiger partial charge in [0.05, 0.1) is 15.9 Å². The number of fused-ring (bicyclic) bond motifs is 1. The molecule has 0 aliphatic rings. The van der Waals surface area contributed by atoms with E-state index in [0.717, 1.165) is 16.9 Å². The van der Waals surface area contributed by atoms with Crippen molar-refractivity contribution in [3.8, 4) is 0 Å². The van der Waals surface area contributed by atoms with E-state index in [1.54, 1.807) is 12.1 Å². The first-order valence-electron chi connectivity index (χ1n) is 8.66. The molecule has 0 radical (unpaired) electrons. The van der Waals surface area contributed by atoms with Crippen LogP contribution in [0.1, 0.15) is 19.2 Å². The van der Waals surface area contributed by atoms with Crippen LogP contribution in [-0.2, 0) is 21.4 Å². The summed E-state index contributed by atoms with van der Waals surface area (Å²) >= 11 is 0. The van der Waals surface area contributed by atoms with Crippen molar-refractivity contribution in [2.24, 2.45) is 0 Å². The first-order chi connectivity index (χ1) is 12.9. The fourth-order valence-electron chi connectivity index (χ4n) is 2.93. The highest BCUT2D eigenvalue weighted by atomic mass is 32.2. The number of amides is 1. The third kappa shape index (κ3) is 4.53. The number of aromatic nitrogens is 2. The fourth-order valence-corrected chi connectivity index (χ4v) is 4.00. The molecular formula is C19H22N4O3S. The van der Waals surface area contributed by atoms with Crippen LogP contribution in [-0.4, -0.2) is 30.4 Å². The average molecular weight is 386 g/mol.